The molecular formula is C21H23N2S+. The zero-order chi connectivity index (χ0) is 17.1. The van der Waals surface area contributed by atoms with Crippen LogP contribution in [0.25, 0.3) is 22.4 Å². The quantitative estimate of drug-likeness (QED) is 0.485. The largest absolute Gasteiger partial charge is 0.378 e. The Morgan fingerprint density at radius 2 is 1.75 bits per heavy atom. The standard InChI is InChI=1S/C21H23N2S/c1-16(15-17-10-12-18(13-11-17)22(2)3)9-14-21-23(4)19-7-5-6-8-20(19)24-21/h5-15H,1-4H3/q+1. The van der Waals surface area contributed by atoms with Crippen molar-refractivity contribution in [1.82, 2.24) is 0 Å². The van der Waals surface area contributed by atoms with Crippen LogP contribution in [0, 0.1) is 0 Å². The fourth-order valence-electron chi connectivity index (χ4n) is 2.65. The van der Waals surface area contributed by atoms with E-state index in [2.05, 4.69) is 104 Å². The van der Waals surface area contributed by atoms with Crippen LogP contribution in [-0.4, -0.2) is 14.1 Å². The second-order valence-electron chi connectivity index (χ2n) is 6.17. The highest BCUT2D eigenvalue weighted by Crippen LogP contribution is 2.21. The molecule has 122 valence electrons. The van der Waals surface area contributed by atoms with Crippen molar-refractivity contribution >= 4 is 39.4 Å². The molecule has 3 heteroatoms. The average Bonchev–Trinajstić information content (AvgIpc) is 2.90. The first kappa shape index (κ1) is 16.5. The van der Waals surface area contributed by atoms with E-state index in [1.807, 2.05) is 11.3 Å². The van der Waals surface area contributed by atoms with Crippen LogP contribution in [0.15, 0.2) is 60.2 Å². The zero-order valence-corrected chi connectivity index (χ0v) is 15.5. The molecule has 0 unspecified atom stereocenters. The lowest BCUT2D eigenvalue weighted by Gasteiger charge is -2.11. The molecule has 0 aliphatic carbocycles. The van der Waals surface area contributed by atoms with Gasteiger partial charge in [0.05, 0.1) is 0 Å². The lowest BCUT2D eigenvalue weighted by molar-refractivity contribution is -0.642. The molecule has 2 nitrogen and oxygen atoms in total. The van der Waals surface area contributed by atoms with Crippen molar-refractivity contribution in [3.63, 3.8) is 0 Å². The molecule has 2 aromatic carbocycles. The number of nitrogens with zero attached hydrogens (tertiary/aromatic N) is 2. The summed E-state index contributed by atoms with van der Waals surface area (Å²) in [6.07, 6.45) is 6.60. The van der Waals surface area contributed by atoms with E-state index in [-0.39, 0.29) is 0 Å². The summed E-state index contributed by atoms with van der Waals surface area (Å²) < 4.78 is 3.57. The molecule has 0 amide bonds. The van der Waals surface area contributed by atoms with E-state index in [1.165, 1.54) is 32.0 Å². The lowest BCUT2D eigenvalue weighted by atomic mass is 10.1. The summed E-state index contributed by atoms with van der Waals surface area (Å²) in [4.78, 5) is 2.11. The van der Waals surface area contributed by atoms with E-state index in [9.17, 15) is 0 Å². The lowest BCUT2D eigenvalue weighted by Crippen LogP contribution is -2.28. The SMILES string of the molecule is CC(/C=C/c1sc2ccccc2[n+]1C)=C\c1ccc(N(C)C)cc1. The Hall–Kier alpha value is -2.39. The highest BCUT2D eigenvalue weighted by molar-refractivity contribution is 7.18. The Balaban J connectivity index is 1.80. The predicted molar refractivity (Wildman–Crippen MR) is 106 cm³/mol. The van der Waals surface area contributed by atoms with Gasteiger partial charge in [-0.3, -0.25) is 0 Å². The van der Waals surface area contributed by atoms with Gasteiger partial charge in [0.2, 0.25) is 5.52 Å². The third-order valence-corrected chi connectivity index (χ3v) is 5.25. The number of aryl methyl sites for hydroxylation is 1. The van der Waals surface area contributed by atoms with Gasteiger partial charge in [0, 0.05) is 31.9 Å². The van der Waals surface area contributed by atoms with E-state index in [0.717, 1.165) is 0 Å². The summed E-state index contributed by atoms with van der Waals surface area (Å²) in [6, 6.07) is 17.1. The highest BCUT2D eigenvalue weighted by atomic mass is 32.1. The number of fused-ring (bicyclic) bond motifs is 1. The Labute approximate surface area is 148 Å². The molecule has 0 aliphatic rings. The third kappa shape index (κ3) is 3.57. The molecule has 3 rings (SSSR count). The number of rotatable bonds is 4. The van der Waals surface area contributed by atoms with Gasteiger partial charge in [-0.25, -0.2) is 0 Å². The van der Waals surface area contributed by atoms with Crippen LogP contribution in [0.3, 0.4) is 0 Å². The molecule has 1 heterocycles. The van der Waals surface area contributed by atoms with Crippen molar-refractivity contribution in [2.45, 2.75) is 6.92 Å². The Morgan fingerprint density at radius 1 is 1.04 bits per heavy atom. The number of thiazole rings is 1. The van der Waals surface area contributed by atoms with Crippen molar-refractivity contribution in [1.29, 1.82) is 0 Å². The molecular weight excluding hydrogens is 312 g/mol. The Morgan fingerprint density at radius 3 is 2.42 bits per heavy atom. The predicted octanol–water partition coefficient (Wildman–Crippen LogP) is 4.91. The number of allylic oxidation sites excluding steroid dienone is 2. The molecule has 0 saturated heterocycles. The van der Waals surface area contributed by atoms with Crippen LogP contribution in [0.4, 0.5) is 5.69 Å². The number of hydrogen-bond donors (Lipinski definition) is 0. The van der Waals surface area contributed by atoms with Crippen LogP contribution in [0.5, 0.6) is 0 Å². The van der Waals surface area contributed by atoms with E-state index >= 15 is 0 Å². The van der Waals surface area contributed by atoms with Crippen LogP contribution < -0.4 is 9.47 Å². The molecule has 0 fully saturated rings. The van der Waals surface area contributed by atoms with Gasteiger partial charge in [0.1, 0.15) is 11.7 Å². The fourth-order valence-corrected chi connectivity index (χ4v) is 3.70. The fraction of sp³-hybridized carbons (Fsp3) is 0.190. The maximum Gasteiger partial charge on any atom is 0.262 e. The normalized spacial score (nSPS) is 12.2. The molecule has 24 heavy (non-hydrogen) atoms. The molecule has 3 aromatic rings. The van der Waals surface area contributed by atoms with Gasteiger partial charge in [-0.15, -0.1) is 0 Å². The van der Waals surface area contributed by atoms with E-state index in [0.29, 0.717) is 0 Å². The molecule has 0 aliphatic heterocycles. The summed E-state index contributed by atoms with van der Waals surface area (Å²) in [6.45, 7) is 2.14. The zero-order valence-electron chi connectivity index (χ0n) is 14.7. The minimum absolute atomic E-state index is 1.22. The van der Waals surface area contributed by atoms with Crippen molar-refractivity contribution in [2.75, 3.05) is 19.0 Å². The maximum atomic E-state index is 2.25. The monoisotopic (exact) mass is 335 g/mol. The summed E-state index contributed by atoms with van der Waals surface area (Å²) in [5.41, 5.74) is 4.97. The van der Waals surface area contributed by atoms with Gasteiger partial charge in [-0.1, -0.05) is 53.3 Å². The number of para-hydroxylation sites is 1. The number of anilines is 1. The topological polar surface area (TPSA) is 7.12 Å². The molecule has 0 atom stereocenters. The minimum Gasteiger partial charge on any atom is -0.378 e. The van der Waals surface area contributed by atoms with Gasteiger partial charge >= 0.3 is 0 Å². The van der Waals surface area contributed by atoms with Crippen molar-refractivity contribution < 1.29 is 4.57 Å². The van der Waals surface area contributed by atoms with Gasteiger partial charge in [0.25, 0.3) is 5.01 Å². The second kappa shape index (κ2) is 7.02. The van der Waals surface area contributed by atoms with Crippen molar-refractivity contribution in [3.8, 4) is 0 Å². The van der Waals surface area contributed by atoms with Crippen LogP contribution in [0.1, 0.15) is 17.5 Å². The van der Waals surface area contributed by atoms with E-state index in [4.69, 9.17) is 0 Å². The molecule has 1 aromatic heterocycles. The van der Waals surface area contributed by atoms with Gasteiger partial charge in [-0.05, 0) is 30.7 Å². The molecule has 0 bridgehead atoms. The first-order valence-corrected chi connectivity index (χ1v) is 8.87. The summed E-state index contributed by atoms with van der Waals surface area (Å²) >= 11 is 1.82. The Kier molecular flexibility index (Phi) is 4.81. The second-order valence-corrected chi connectivity index (χ2v) is 7.24. The van der Waals surface area contributed by atoms with Crippen molar-refractivity contribution in [2.24, 2.45) is 7.05 Å². The summed E-state index contributed by atoms with van der Waals surface area (Å²) in [5.74, 6) is 0. The highest BCUT2D eigenvalue weighted by Gasteiger charge is 2.12. The summed E-state index contributed by atoms with van der Waals surface area (Å²) in [7, 11) is 6.24. The number of aromatic nitrogens is 1. The first-order valence-electron chi connectivity index (χ1n) is 8.06. The average molecular weight is 335 g/mol. The van der Waals surface area contributed by atoms with Crippen molar-refractivity contribution in [3.05, 3.63) is 70.8 Å². The van der Waals surface area contributed by atoms with E-state index in [1.54, 1.807) is 0 Å². The van der Waals surface area contributed by atoms with E-state index < -0.39 is 0 Å². The van der Waals surface area contributed by atoms with Crippen LogP contribution in [-0.2, 0) is 7.05 Å². The van der Waals surface area contributed by atoms with Crippen LogP contribution in [0.2, 0.25) is 0 Å². The van der Waals surface area contributed by atoms with Gasteiger partial charge in [-0.2, -0.15) is 4.57 Å². The Bertz CT molecular complexity index is 899. The number of benzene rings is 2. The number of hydrogen-bond acceptors (Lipinski definition) is 2. The molecule has 0 saturated carbocycles. The smallest absolute Gasteiger partial charge is 0.262 e. The van der Waals surface area contributed by atoms with Crippen LogP contribution >= 0.6 is 11.3 Å². The molecule has 0 N–H and O–H groups in total. The third-order valence-electron chi connectivity index (χ3n) is 4.06. The van der Waals surface area contributed by atoms with Gasteiger partial charge in [0.15, 0.2) is 0 Å². The van der Waals surface area contributed by atoms with Gasteiger partial charge < -0.3 is 4.90 Å². The summed E-state index contributed by atoms with van der Waals surface area (Å²) in [5, 5.41) is 1.26. The molecule has 0 spiro atoms. The maximum absolute atomic E-state index is 2.25. The minimum atomic E-state index is 1.22. The molecule has 0 radical (unpaired) electrons. The first-order chi connectivity index (χ1) is 11.5.